The highest BCUT2D eigenvalue weighted by atomic mass is 16.1. The van der Waals surface area contributed by atoms with Crippen molar-refractivity contribution in [1.82, 2.24) is 4.98 Å². The minimum Gasteiger partial charge on any atom is -0.369 e. The second kappa shape index (κ2) is 2.94. The highest BCUT2D eigenvalue weighted by molar-refractivity contribution is 5.88. The predicted octanol–water partition coefficient (Wildman–Crippen LogP) is 1.20. The molecule has 0 spiro atoms. The van der Waals surface area contributed by atoms with Crippen molar-refractivity contribution in [3.63, 3.8) is 0 Å². The maximum Gasteiger partial charge on any atom is 0.221 e. The number of benzene rings is 1. The van der Waals surface area contributed by atoms with Crippen LogP contribution < -0.4 is 5.73 Å². The van der Waals surface area contributed by atoms with Gasteiger partial charge >= 0.3 is 0 Å². The summed E-state index contributed by atoms with van der Waals surface area (Å²) in [5.41, 5.74) is 5.40. The van der Waals surface area contributed by atoms with Gasteiger partial charge in [-0.3, -0.25) is 4.79 Å². The number of amides is 1. The fourth-order valence-electron chi connectivity index (χ4n) is 1.14. The molecule has 0 saturated carbocycles. The van der Waals surface area contributed by atoms with Crippen molar-refractivity contribution >= 4 is 16.8 Å². The number of H-pyrrole nitrogens is 1. The number of fused-ring (bicyclic) bond motifs is 1. The largest absolute Gasteiger partial charge is 0.369 e. The summed E-state index contributed by atoms with van der Waals surface area (Å²) < 4.78 is 38.2. The van der Waals surface area contributed by atoms with Crippen LogP contribution in [0.1, 0.15) is 12.4 Å². The second-order valence-corrected chi connectivity index (χ2v) is 2.62. The van der Waals surface area contributed by atoms with Gasteiger partial charge in [-0.1, -0.05) is 18.1 Å². The molecule has 3 nitrogen and oxygen atoms in total. The number of para-hydroxylation sites is 1. The summed E-state index contributed by atoms with van der Waals surface area (Å²) in [5.74, 6) is -0.656. The van der Waals surface area contributed by atoms with Crippen molar-refractivity contribution in [1.29, 1.82) is 0 Å². The van der Waals surface area contributed by atoms with Gasteiger partial charge in [-0.05, 0) is 11.6 Å². The van der Waals surface area contributed by atoms with Crippen LogP contribution in [0.5, 0.6) is 0 Å². The summed E-state index contributed by atoms with van der Waals surface area (Å²) in [4.78, 5) is 13.5. The number of nitrogens with two attached hydrogens (primary N) is 1. The number of nitrogens with one attached hydrogen (secondary N) is 1. The topological polar surface area (TPSA) is 58.9 Å². The lowest BCUT2D eigenvalue weighted by Gasteiger charge is -1.93. The molecular weight excluding hydrogens is 164 g/mol. The van der Waals surface area contributed by atoms with Gasteiger partial charge < -0.3 is 10.7 Å². The van der Waals surface area contributed by atoms with E-state index in [1.54, 1.807) is 0 Å². The van der Waals surface area contributed by atoms with Crippen molar-refractivity contribution < 1.29 is 11.6 Å². The Morgan fingerprint density at radius 2 is 2.31 bits per heavy atom. The standard InChI is InChI=1S/C10H10N2O/c11-10(13)5-7-6-12-9-4-2-1-3-8(7)9/h1-4,6,12H,5H2,(H2,11,13)/i1D,2D,3D,4D,6D. The lowest BCUT2D eigenvalue weighted by molar-refractivity contribution is -0.117. The van der Waals surface area contributed by atoms with E-state index >= 15 is 0 Å². The maximum atomic E-state index is 10.9. The van der Waals surface area contributed by atoms with Crippen LogP contribution >= 0.6 is 0 Å². The third kappa shape index (κ3) is 1.40. The number of rotatable bonds is 2. The van der Waals surface area contributed by atoms with Crippen LogP contribution in [-0.2, 0) is 11.2 Å². The SMILES string of the molecule is [2H]c1[nH]c2c([2H])c([2H])c([2H])c([2H])c2c1CC(N)=O. The average molecular weight is 179 g/mol. The highest BCUT2D eigenvalue weighted by Crippen LogP contribution is 2.17. The van der Waals surface area contributed by atoms with Crippen molar-refractivity contribution in [2.75, 3.05) is 0 Å². The first kappa shape index (κ1) is 3.96. The zero-order valence-electron chi connectivity index (χ0n) is 11.7. The summed E-state index contributed by atoms with van der Waals surface area (Å²) in [6, 6.07) is -1.29. The first-order valence-corrected chi connectivity index (χ1v) is 3.70. The molecule has 0 aliphatic carbocycles. The van der Waals surface area contributed by atoms with Gasteiger partial charge in [0.1, 0.15) is 0 Å². The van der Waals surface area contributed by atoms with E-state index in [0.717, 1.165) is 0 Å². The summed E-state index contributed by atoms with van der Waals surface area (Å²) in [6.45, 7) is 0. The van der Waals surface area contributed by atoms with E-state index in [2.05, 4.69) is 4.98 Å². The van der Waals surface area contributed by atoms with Crippen molar-refractivity contribution in [3.05, 3.63) is 35.9 Å². The molecule has 0 aliphatic heterocycles. The van der Waals surface area contributed by atoms with Crippen LogP contribution in [0.4, 0.5) is 0 Å². The Labute approximate surface area is 82.6 Å². The molecule has 3 heteroatoms. The van der Waals surface area contributed by atoms with Crippen LogP contribution in [0.15, 0.2) is 30.3 Å². The number of hydrogen-bond donors (Lipinski definition) is 2. The van der Waals surface area contributed by atoms with E-state index in [4.69, 9.17) is 12.6 Å². The number of hydrogen-bond acceptors (Lipinski definition) is 1. The lowest BCUT2D eigenvalue weighted by atomic mass is 10.1. The Morgan fingerprint density at radius 1 is 1.54 bits per heavy atom. The van der Waals surface area contributed by atoms with E-state index < -0.39 is 11.9 Å². The molecule has 1 heterocycles. The van der Waals surface area contributed by atoms with Crippen molar-refractivity contribution in [2.45, 2.75) is 6.42 Å². The Balaban J connectivity index is 2.89. The van der Waals surface area contributed by atoms with Gasteiger partial charge in [-0.2, -0.15) is 0 Å². The third-order valence-electron chi connectivity index (χ3n) is 1.68. The summed E-state index contributed by atoms with van der Waals surface area (Å²) >= 11 is 0. The summed E-state index contributed by atoms with van der Waals surface area (Å²) in [6.07, 6.45) is -0.350. The minimum absolute atomic E-state index is 0.115. The lowest BCUT2D eigenvalue weighted by Crippen LogP contribution is -2.13. The first-order chi connectivity index (χ1) is 8.34. The highest BCUT2D eigenvalue weighted by Gasteiger charge is 2.04. The van der Waals surface area contributed by atoms with E-state index in [1.165, 1.54) is 0 Å². The molecule has 0 saturated heterocycles. The van der Waals surface area contributed by atoms with Gasteiger partial charge in [-0.25, -0.2) is 0 Å². The smallest absolute Gasteiger partial charge is 0.221 e. The van der Waals surface area contributed by atoms with Gasteiger partial charge in [0.05, 0.1) is 13.3 Å². The molecule has 13 heavy (non-hydrogen) atoms. The van der Waals surface area contributed by atoms with Crippen LogP contribution in [-0.4, -0.2) is 10.9 Å². The molecule has 0 bridgehead atoms. The molecular formula is C10H10N2O. The van der Waals surface area contributed by atoms with Gasteiger partial charge in [0.15, 0.2) is 0 Å². The van der Waals surface area contributed by atoms with Crippen LogP contribution in [0.2, 0.25) is 0 Å². The molecule has 1 amide bonds. The van der Waals surface area contributed by atoms with Gasteiger partial charge in [-0.15, -0.1) is 0 Å². The van der Waals surface area contributed by atoms with Gasteiger partial charge in [0.2, 0.25) is 5.91 Å². The van der Waals surface area contributed by atoms with Crippen LogP contribution in [0.3, 0.4) is 0 Å². The monoisotopic (exact) mass is 179 g/mol. The van der Waals surface area contributed by atoms with E-state index in [1.807, 2.05) is 0 Å². The molecule has 0 unspecified atom stereocenters. The second-order valence-electron chi connectivity index (χ2n) is 2.62. The Hall–Kier alpha value is -1.77. The Kier molecular flexibility index (Phi) is 0.894. The fraction of sp³-hybridized carbons (Fsp3) is 0.100. The molecule has 0 atom stereocenters. The Bertz CT molecular complexity index is 664. The number of primary amides is 1. The number of carbonyl (C=O) groups is 1. The molecule has 1 aromatic heterocycles. The van der Waals surface area contributed by atoms with Crippen LogP contribution in [0, 0.1) is 0 Å². The zero-order valence-corrected chi connectivity index (χ0v) is 6.69. The maximum absolute atomic E-state index is 10.9. The van der Waals surface area contributed by atoms with Crippen molar-refractivity contribution in [3.8, 4) is 0 Å². The molecule has 2 rings (SSSR count). The molecule has 0 aliphatic rings. The molecule has 3 N–H and O–H groups in total. The molecule has 0 fully saturated rings. The van der Waals surface area contributed by atoms with Gasteiger partial charge in [0, 0.05) is 17.1 Å². The molecule has 2 aromatic rings. The normalized spacial score (nSPS) is 15.8. The molecule has 66 valence electrons. The van der Waals surface area contributed by atoms with Gasteiger partial charge in [0.25, 0.3) is 0 Å². The van der Waals surface area contributed by atoms with E-state index in [-0.39, 0.29) is 47.2 Å². The summed E-state index contributed by atoms with van der Waals surface area (Å²) in [7, 11) is 0. The average Bonchev–Trinajstić information content (AvgIpc) is 2.61. The molecule has 1 aromatic carbocycles. The van der Waals surface area contributed by atoms with E-state index in [0.29, 0.717) is 0 Å². The third-order valence-corrected chi connectivity index (χ3v) is 1.68. The molecule has 0 radical (unpaired) electrons. The zero-order chi connectivity index (χ0) is 13.6. The number of aromatic nitrogens is 1. The van der Waals surface area contributed by atoms with E-state index in [9.17, 15) is 4.79 Å². The quantitative estimate of drug-likeness (QED) is 0.715. The Morgan fingerprint density at radius 3 is 3.08 bits per heavy atom. The van der Waals surface area contributed by atoms with Crippen LogP contribution in [0.25, 0.3) is 10.9 Å². The predicted molar refractivity (Wildman–Crippen MR) is 51.2 cm³/mol. The fourth-order valence-corrected chi connectivity index (χ4v) is 1.14. The number of carbonyl (C=O) groups excluding carboxylic acids is 1. The minimum atomic E-state index is -0.656. The summed E-state index contributed by atoms with van der Waals surface area (Å²) in [5, 5.41) is 0.157. The number of aromatic amines is 1. The first-order valence-electron chi connectivity index (χ1n) is 6.20. The van der Waals surface area contributed by atoms with Crippen molar-refractivity contribution in [2.24, 2.45) is 5.73 Å².